The van der Waals surface area contributed by atoms with E-state index >= 15 is 0 Å². The van der Waals surface area contributed by atoms with Crippen molar-refractivity contribution in [2.24, 2.45) is 5.92 Å². The number of hydrogen-bond acceptors (Lipinski definition) is 4. The number of rotatable bonds is 6. The third kappa shape index (κ3) is 4.57. The van der Waals surface area contributed by atoms with Crippen LogP contribution in [0.3, 0.4) is 0 Å². The first-order valence-corrected chi connectivity index (χ1v) is 10.7. The highest BCUT2D eigenvalue weighted by Crippen LogP contribution is 2.36. The molecule has 0 amide bonds. The van der Waals surface area contributed by atoms with Gasteiger partial charge in [0, 0.05) is 26.2 Å². The van der Waals surface area contributed by atoms with Gasteiger partial charge >= 0.3 is 0 Å². The molecular weight excluding hydrogens is 324 g/mol. The van der Waals surface area contributed by atoms with Crippen molar-refractivity contribution in [2.45, 2.75) is 38.3 Å². The zero-order chi connectivity index (χ0) is 17.2. The number of likely N-dealkylation sites (tertiary alicyclic amines) is 1. The topological polar surface area (TPSA) is 58.6 Å². The molecule has 24 heavy (non-hydrogen) atoms. The Morgan fingerprint density at radius 3 is 2.46 bits per heavy atom. The molecule has 2 aliphatic rings. The van der Waals surface area contributed by atoms with E-state index in [0.29, 0.717) is 19.1 Å². The lowest BCUT2D eigenvalue weighted by atomic mass is 9.83. The maximum Gasteiger partial charge on any atom is 0.208 e. The molecule has 0 saturated carbocycles. The van der Waals surface area contributed by atoms with Gasteiger partial charge in [-0.15, -0.1) is 0 Å². The molecule has 1 spiro atoms. The molecule has 1 aromatic rings. The van der Waals surface area contributed by atoms with Crippen molar-refractivity contribution >= 4 is 10.0 Å². The average Bonchev–Trinajstić information content (AvgIpc) is 2.53. The SMILES string of the molecule is CCc1ccc(CN2CC3(CC[C@@H](CNS(C)(=O)=O)CO3)C2)cc1. The van der Waals surface area contributed by atoms with Crippen molar-refractivity contribution in [2.75, 3.05) is 32.5 Å². The molecule has 0 radical (unpaired) electrons. The van der Waals surface area contributed by atoms with Gasteiger partial charge in [0.05, 0.1) is 18.5 Å². The standard InChI is InChI=1S/C18H28N2O3S/c1-3-15-4-6-16(7-5-15)11-20-13-18(14-20)9-8-17(12-23-18)10-19-24(2,21)22/h4-7,17,19H,3,8-14H2,1-2H3/t17-/m0/s1. The Balaban J connectivity index is 1.41. The molecule has 2 saturated heterocycles. The van der Waals surface area contributed by atoms with Gasteiger partial charge in [-0.1, -0.05) is 31.2 Å². The summed E-state index contributed by atoms with van der Waals surface area (Å²) in [6.07, 6.45) is 4.33. The van der Waals surface area contributed by atoms with Crippen LogP contribution < -0.4 is 4.72 Å². The van der Waals surface area contributed by atoms with Crippen molar-refractivity contribution in [3.05, 3.63) is 35.4 Å². The molecule has 2 aliphatic heterocycles. The van der Waals surface area contributed by atoms with E-state index in [1.807, 2.05) is 0 Å². The van der Waals surface area contributed by atoms with Crippen LogP contribution in [0.2, 0.25) is 0 Å². The second-order valence-corrected chi connectivity index (χ2v) is 9.17. The van der Waals surface area contributed by atoms with Crippen molar-refractivity contribution in [1.29, 1.82) is 0 Å². The molecule has 3 rings (SSSR count). The van der Waals surface area contributed by atoms with Crippen LogP contribution in [-0.2, 0) is 27.7 Å². The largest absolute Gasteiger partial charge is 0.372 e. The molecule has 5 nitrogen and oxygen atoms in total. The van der Waals surface area contributed by atoms with Crippen molar-refractivity contribution < 1.29 is 13.2 Å². The third-order valence-corrected chi connectivity index (χ3v) is 5.82. The Morgan fingerprint density at radius 2 is 1.92 bits per heavy atom. The van der Waals surface area contributed by atoms with Crippen LogP contribution in [0.1, 0.15) is 30.9 Å². The summed E-state index contributed by atoms with van der Waals surface area (Å²) in [6.45, 7) is 6.26. The number of benzene rings is 1. The molecule has 1 atom stereocenters. The summed E-state index contributed by atoms with van der Waals surface area (Å²) in [6, 6.07) is 8.86. The fourth-order valence-electron chi connectivity index (χ4n) is 3.62. The van der Waals surface area contributed by atoms with Gasteiger partial charge in [-0.2, -0.15) is 0 Å². The van der Waals surface area contributed by atoms with Crippen LogP contribution in [0, 0.1) is 5.92 Å². The predicted octanol–water partition coefficient (Wildman–Crippen LogP) is 1.78. The summed E-state index contributed by atoms with van der Waals surface area (Å²) in [4.78, 5) is 2.43. The normalized spacial score (nSPS) is 24.0. The van der Waals surface area contributed by atoms with Crippen molar-refractivity contribution in [3.63, 3.8) is 0 Å². The number of hydrogen-bond donors (Lipinski definition) is 1. The van der Waals surface area contributed by atoms with Crippen LogP contribution >= 0.6 is 0 Å². The summed E-state index contributed by atoms with van der Waals surface area (Å²) in [5.41, 5.74) is 2.74. The molecule has 0 aliphatic carbocycles. The molecule has 2 fully saturated rings. The molecule has 2 heterocycles. The molecule has 0 bridgehead atoms. The fourth-order valence-corrected chi connectivity index (χ4v) is 4.15. The van der Waals surface area contributed by atoms with Gasteiger partial charge in [-0.05, 0) is 36.3 Å². The second-order valence-electron chi connectivity index (χ2n) is 7.33. The van der Waals surface area contributed by atoms with Gasteiger partial charge in [0.15, 0.2) is 0 Å². The highest BCUT2D eigenvalue weighted by molar-refractivity contribution is 7.88. The van der Waals surface area contributed by atoms with Crippen molar-refractivity contribution in [3.8, 4) is 0 Å². The zero-order valence-electron chi connectivity index (χ0n) is 14.6. The second kappa shape index (κ2) is 7.12. The smallest absolute Gasteiger partial charge is 0.208 e. The molecule has 0 aromatic heterocycles. The number of aryl methyl sites for hydroxylation is 1. The highest BCUT2D eigenvalue weighted by atomic mass is 32.2. The minimum absolute atomic E-state index is 0.00491. The highest BCUT2D eigenvalue weighted by Gasteiger charge is 2.46. The lowest BCUT2D eigenvalue weighted by molar-refractivity contribution is -0.181. The molecular formula is C18H28N2O3S. The maximum atomic E-state index is 11.2. The Kier molecular flexibility index (Phi) is 5.30. The number of nitrogens with zero attached hydrogens (tertiary/aromatic N) is 1. The number of ether oxygens (including phenoxy) is 1. The molecule has 6 heteroatoms. The van der Waals surface area contributed by atoms with Gasteiger partial charge in [0.2, 0.25) is 10.0 Å². The Labute approximate surface area is 145 Å². The van der Waals surface area contributed by atoms with Crippen LogP contribution in [0.5, 0.6) is 0 Å². The van der Waals surface area contributed by atoms with Gasteiger partial charge in [0.25, 0.3) is 0 Å². The minimum atomic E-state index is -3.11. The van der Waals surface area contributed by atoms with E-state index in [9.17, 15) is 8.42 Å². The van der Waals surface area contributed by atoms with E-state index in [1.165, 1.54) is 17.4 Å². The van der Waals surface area contributed by atoms with Gasteiger partial charge in [-0.25, -0.2) is 13.1 Å². The summed E-state index contributed by atoms with van der Waals surface area (Å²) >= 11 is 0. The van der Waals surface area contributed by atoms with E-state index in [2.05, 4.69) is 40.8 Å². The maximum absolute atomic E-state index is 11.2. The number of nitrogens with one attached hydrogen (secondary N) is 1. The van der Waals surface area contributed by atoms with Crippen LogP contribution in [-0.4, -0.2) is 51.4 Å². The molecule has 1 aromatic carbocycles. The van der Waals surface area contributed by atoms with E-state index in [0.717, 1.165) is 38.9 Å². The predicted molar refractivity (Wildman–Crippen MR) is 95.4 cm³/mol. The molecule has 0 unspecified atom stereocenters. The average molecular weight is 353 g/mol. The van der Waals surface area contributed by atoms with E-state index < -0.39 is 10.0 Å². The van der Waals surface area contributed by atoms with Gasteiger partial charge in [0.1, 0.15) is 0 Å². The Morgan fingerprint density at radius 1 is 1.25 bits per heavy atom. The first-order chi connectivity index (χ1) is 11.4. The minimum Gasteiger partial charge on any atom is -0.372 e. The van der Waals surface area contributed by atoms with E-state index in [4.69, 9.17) is 4.74 Å². The Hall–Kier alpha value is -0.950. The summed E-state index contributed by atoms with van der Waals surface area (Å²) in [5, 5.41) is 0. The van der Waals surface area contributed by atoms with Crippen LogP contribution in [0.25, 0.3) is 0 Å². The fraction of sp³-hybridized carbons (Fsp3) is 0.667. The monoisotopic (exact) mass is 352 g/mol. The van der Waals surface area contributed by atoms with Crippen LogP contribution in [0.15, 0.2) is 24.3 Å². The first-order valence-electron chi connectivity index (χ1n) is 8.76. The quantitative estimate of drug-likeness (QED) is 0.848. The first kappa shape index (κ1) is 17.9. The Bertz CT molecular complexity index is 641. The van der Waals surface area contributed by atoms with Crippen molar-refractivity contribution in [1.82, 2.24) is 9.62 Å². The van der Waals surface area contributed by atoms with Gasteiger partial charge in [-0.3, -0.25) is 4.90 Å². The number of sulfonamides is 1. The van der Waals surface area contributed by atoms with Crippen LogP contribution in [0.4, 0.5) is 0 Å². The molecule has 134 valence electrons. The summed E-state index contributed by atoms with van der Waals surface area (Å²) in [7, 11) is -3.11. The lowest BCUT2D eigenvalue weighted by Gasteiger charge is -2.53. The zero-order valence-corrected chi connectivity index (χ0v) is 15.4. The summed E-state index contributed by atoms with van der Waals surface area (Å²) < 4.78 is 31.0. The van der Waals surface area contributed by atoms with Gasteiger partial charge < -0.3 is 4.74 Å². The summed E-state index contributed by atoms with van der Waals surface area (Å²) in [5.74, 6) is 0.293. The molecule has 1 N–H and O–H groups in total. The van der Waals surface area contributed by atoms with E-state index in [-0.39, 0.29) is 5.60 Å². The van der Waals surface area contributed by atoms with E-state index in [1.54, 1.807) is 0 Å². The lowest BCUT2D eigenvalue weighted by Crippen LogP contribution is -2.64. The third-order valence-electron chi connectivity index (χ3n) is 5.13.